The molecule has 0 aliphatic heterocycles. The third kappa shape index (κ3) is 3.46. The molecule has 0 atom stereocenters. The van der Waals surface area contributed by atoms with E-state index in [0.717, 1.165) is 0 Å². The van der Waals surface area contributed by atoms with Gasteiger partial charge in [-0.1, -0.05) is 11.2 Å². The molecule has 2 rings (SSSR count). The molecule has 0 spiro atoms. The van der Waals surface area contributed by atoms with Crippen LogP contribution in [0.25, 0.3) is 0 Å². The number of anilines is 1. The Morgan fingerprint density at radius 1 is 1.39 bits per heavy atom. The van der Waals surface area contributed by atoms with Gasteiger partial charge in [-0.2, -0.15) is 4.98 Å². The highest BCUT2D eigenvalue weighted by Gasteiger charge is 2.07. The molecule has 6 heteroatoms. The molecule has 1 aromatic carbocycles. The second kappa shape index (κ2) is 5.50. The van der Waals surface area contributed by atoms with E-state index in [9.17, 15) is 0 Å². The normalized spacial score (nSPS) is 10.8. The zero-order valence-corrected chi connectivity index (χ0v) is 10.5. The van der Waals surface area contributed by atoms with E-state index in [2.05, 4.69) is 10.1 Å². The number of rotatable bonds is 5. The molecule has 18 heavy (non-hydrogen) atoms. The molecule has 2 aromatic rings. The van der Waals surface area contributed by atoms with Crippen LogP contribution < -0.4 is 10.5 Å². The summed E-state index contributed by atoms with van der Waals surface area (Å²) in [5, 5.41) is 3.85. The summed E-state index contributed by atoms with van der Waals surface area (Å²) in [7, 11) is 3.89. The summed E-state index contributed by atoms with van der Waals surface area (Å²) in [6.45, 7) is 0.881. The molecular formula is C12H16N4O2. The van der Waals surface area contributed by atoms with Crippen LogP contribution in [0.5, 0.6) is 5.75 Å². The van der Waals surface area contributed by atoms with E-state index in [1.54, 1.807) is 12.1 Å². The Hall–Kier alpha value is -2.08. The molecular weight excluding hydrogens is 232 g/mol. The van der Waals surface area contributed by atoms with Crippen molar-refractivity contribution in [1.29, 1.82) is 0 Å². The van der Waals surface area contributed by atoms with E-state index in [-0.39, 0.29) is 6.61 Å². The van der Waals surface area contributed by atoms with Crippen molar-refractivity contribution < 1.29 is 9.26 Å². The number of nitrogen functional groups attached to an aromatic ring is 1. The first-order valence-electron chi connectivity index (χ1n) is 5.58. The van der Waals surface area contributed by atoms with Crippen LogP contribution in [0.1, 0.15) is 11.7 Å². The van der Waals surface area contributed by atoms with Crippen LogP contribution in [0, 0.1) is 0 Å². The van der Waals surface area contributed by atoms with E-state index in [4.69, 9.17) is 15.0 Å². The standard InChI is InChI=1S/C12H16N4O2/c1-16(2)7-11-14-12(18-15-11)8-17-10-5-3-4-9(13)6-10/h3-6H,7-8,13H2,1-2H3. The van der Waals surface area contributed by atoms with Crippen molar-refractivity contribution in [3.8, 4) is 5.75 Å². The molecule has 1 aromatic heterocycles. The topological polar surface area (TPSA) is 77.4 Å². The zero-order valence-electron chi connectivity index (χ0n) is 10.5. The number of hydrogen-bond acceptors (Lipinski definition) is 6. The van der Waals surface area contributed by atoms with Crippen molar-refractivity contribution in [2.75, 3.05) is 19.8 Å². The lowest BCUT2D eigenvalue weighted by molar-refractivity contribution is 0.242. The summed E-state index contributed by atoms with van der Waals surface area (Å²) in [5.74, 6) is 1.78. The first-order chi connectivity index (χ1) is 8.63. The lowest BCUT2D eigenvalue weighted by Gasteiger charge is -2.04. The van der Waals surface area contributed by atoms with Crippen LogP contribution in [-0.2, 0) is 13.2 Å². The van der Waals surface area contributed by atoms with Crippen molar-refractivity contribution in [2.24, 2.45) is 0 Å². The fourth-order valence-corrected chi connectivity index (χ4v) is 1.45. The molecule has 2 N–H and O–H groups in total. The lowest BCUT2D eigenvalue weighted by atomic mass is 10.3. The van der Waals surface area contributed by atoms with Gasteiger partial charge in [0.1, 0.15) is 5.75 Å². The monoisotopic (exact) mass is 248 g/mol. The Labute approximate surface area is 105 Å². The zero-order chi connectivity index (χ0) is 13.0. The SMILES string of the molecule is CN(C)Cc1noc(COc2cccc(N)c2)n1. The molecule has 0 amide bonds. The fourth-order valence-electron chi connectivity index (χ4n) is 1.45. The first kappa shape index (κ1) is 12.4. The van der Waals surface area contributed by atoms with Crippen LogP contribution in [0.15, 0.2) is 28.8 Å². The Morgan fingerprint density at radius 3 is 2.94 bits per heavy atom. The van der Waals surface area contributed by atoms with Gasteiger partial charge >= 0.3 is 0 Å². The van der Waals surface area contributed by atoms with Crippen molar-refractivity contribution in [2.45, 2.75) is 13.2 Å². The molecule has 96 valence electrons. The molecule has 0 aliphatic carbocycles. The van der Waals surface area contributed by atoms with E-state index < -0.39 is 0 Å². The van der Waals surface area contributed by atoms with Gasteiger partial charge in [-0.15, -0.1) is 0 Å². The van der Waals surface area contributed by atoms with Gasteiger partial charge in [-0.25, -0.2) is 0 Å². The highest BCUT2D eigenvalue weighted by molar-refractivity contribution is 5.43. The maximum absolute atomic E-state index is 5.65. The van der Waals surface area contributed by atoms with E-state index in [0.29, 0.717) is 29.7 Å². The van der Waals surface area contributed by atoms with Crippen molar-refractivity contribution in [3.05, 3.63) is 36.0 Å². The van der Waals surface area contributed by atoms with Crippen LogP contribution in [0.3, 0.4) is 0 Å². The van der Waals surface area contributed by atoms with Gasteiger partial charge in [0.25, 0.3) is 5.89 Å². The molecule has 0 saturated carbocycles. The Kier molecular flexibility index (Phi) is 3.78. The minimum Gasteiger partial charge on any atom is -0.484 e. The van der Waals surface area contributed by atoms with Crippen molar-refractivity contribution in [3.63, 3.8) is 0 Å². The van der Waals surface area contributed by atoms with Crippen LogP contribution >= 0.6 is 0 Å². The third-order valence-electron chi connectivity index (χ3n) is 2.19. The molecule has 6 nitrogen and oxygen atoms in total. The number of ether oxygens (including phenoxy) is 1. The maximum atomic E-state index is 5.65. The third-order valence-corrected chi connectivity index (χ3v) is 2.19. The number of nitrogens with two attached hydrogens (primary N) is 1. The van der Waals surface area contributed by atoms with Gasteiger partial charge in [0.2, 0.25) is 0 Å². The highest BCUT2D eigenvalue weighted by Crippen LogP contribution is 2.15. The maximum Gasteiger partial charge on any atom is 0.264 e. The van der Waals surface area contributed by atoms with Crippen molar-refractivity contribution >= 4 is 5.69 Å². The average Bonchev–Trinajstić information content (AvgIpc) is 2.73. The van der Waals surface area contributed by atoms with Crippen LogP contribution in [0.4, 0.5) is 5.69 Å². The fraction of sp³-hybridized carbons (Fsp3) is 0.333. The van der Waals surface area contributed by atoms with E-state index in [1.807, 2.05) is 31.1 Å². The predicted octanol–water partition coefficient (Wildman–Crippen LogP) is 1.29. The van der Waals surface area contributed by atoms with Crippen LogP contribution in [-0.4, -0.2) is 29.1 Å². The number of benzene rings is 1. The summed E-state index contributed by atoms with van der Waals surface area (Å²) >= 11 is 0. The lowest BCUT2D eigenvalue weighted by Crippen LogP contribution is -2.11. The summed E-state index contributed by atoms with van der Waals surface area (Å²) in [6, 6.07) is 7.20. The Bertz CT molecular complexity index is 510. The van der Waals surface area contributed by atoms with E-state index in [1.165, 1.54) is 0 Å². The summed E-state index contributed by atoms with van der Waals surface area (Å²) < 4.78 is 10.6. The summed E-state index contributed by atoms with van der Waals surface area (Å²) in [4.78, 5) is 6.18. The van der Waals surface area contributed by atoms with Gasteiger partial charge < -0.3 is 19.9 Å². The molecule has 0 fully saturated rings. The molecule has 0 radical (unpaired) electrons. The second-order valence-electron chi connectivity index (χ2n) is 4.20. The quantitative estimate of drug-likeness (QED) is 0.803. The van der Waals surface area contributed by atoms with Gasteiger partial charge in [0, 0.05) is 11.8 Å². The van der Waals surface area contributed by atoms with E-state index >= 15 is 0 Å². The minimum absolute atomic E-state index is 0.240. The molecule has 0 aliphatic rings. The highest BCUT2D eigenvalue weighted by atomic mass is 16.5. The Morgan fingerprint density at radius 2 is 2.22 bits per heavy atom. The largest absolute Gasteiger partial charge is 0.484 e. The number of nitrogens with zero attached hydrogens (tertiary/aromatic N) is 3. The summed E-state index contributed by atoms with van der Waals surface area (Å²) in [6.07, 6.45) is 0. The average molecular weight is 248 g/mol. The van der Waals surface area contributed by atoms with Gasteiger partial charge in [-0.05, 0) is 26.2 Å². The predicted molar refractivity (Wildman–Crippen MR) is 66.9 cm³/mol. The van der Waals surface area contributed by atoms with Crippen LogP contribution in [0.2, 0.25) is 0 Å². The molecule has 0 bridgehead atoms. The Balaban J connectivity index is 1.92. The van der Waals surface area contributed by atoms with Gasteiger partial charge in [0.15, 0.2) is 12.4 Å². The first-order valence-corrected chi connectivity index (χ1v) is 5.58. The summed E-state index contributed by atoms with van der Waals surface area (Å²) in [5.41, 5.74) is 6.31. The molecule has 0 saturated heterocycles. The number of hydrogen-bond donors (Lipinski definition) is 1. The second-order valence-corrected chi connectivity index (χ2v) is 4.20. The molecule has 1 heterocycles. The molecule has 0 unspecified atom stereocenters. The van der Waals surface area contributed by atoms with Gasteiger partial charge in [0.05, 0.1) is 6.54 Å². The smallest absolute Gasteiger partial charge is 0.264 e. The minimum atomic E-state index is 0.240. The van der Waals surface area contributed by atoms with Crippen molar-refractivity contribution in [1.82, 2.24) is 15.0 Å². The van der Waals surface area contributed by atoms with Gasteiger partial charge in [-0.3, -0.25) is 0 Å². The number of aromatic nitrogens is 2.